The lowest BCUT2D eigenvalue weighted by Crippen LogP contribution is -2.30. The van der Waals surface area contributed by atoms with E-state index in [4.69, 9.17) is 14.2 Å². The van der Waals surface area contributed by atoms with E-state index in [1.807, 2.05) is 0 Å². The van der Waals surface area contributed by atoms with Gasteiger partial charge in [-0.3, -0.25) is 14.4 Å². The van der Waals surface area contributed by atoms with Crippen LogP contribution >= 0.6 is 0 Å². The van der Waals surface area contributed by atoms with Crippen molar-refractivity contribution in [1.82, 2.24) is 0 Å². The van der Waals surface area contributed by atoms with Crippen LogP contribution in [0, 0.1) is 0 Å². The minimum Gasteiger partial charge on any atom is -0.462 e. The van der Waals surface area contributed by atoms with Crippen LogP contribution < -0.4 is 0 Å². The molecular weight excluding hydrogens is 889 g/mol. The third-order valence-electron chi connectivity index (χ3n) is 13.8. The van der Waals surface area contributed by atoms with Gasteiger partial charge in [0, 0.05) is 19.3 Å². The lowest BCUT2D eigenvalue weighted by atomic mass is 10.0. The molecule has 0 saturated carbocycles. The standard InChI is InChI=1S/C66H118O6/c1-4-7-10-13-16-19-22-25-27-29-30-31-32-33-34-35-37-38-41-44-47-50-53-56-59-65(68)71-62-63(61-70-64(67)58-55-52-49-46-43-40-24-21-18-15-12-9-6-3)72-66(69)60-57-54-51-48-45-42-39-36-28-26-23-20-17-14-11-8-5-2/h8,11,17,20,26,28,39,42,48,51,63H,4-7,9-10,12-16,18-19,21-25,27,29-38,40-41,43-47,49-50,52-62H2,1-3H3/b11-8-,20-17-,28-26-,42-39-,51-48-. The first kappa shape index (κ1) is 69.1. The van der Waals surface area contributed by atoms with E-state index in [1.54, 1.807) is 0 Å². The Morgan fingerprint density at radius 3 is 0.833 bits per heavy atom. The molecule has 418 valence electrons. The Hall–Kier alpha value is -2.89. The van der Waals surface area contributed by atoms with Crippen LogP contribution in [-0.2, 0) is 28.6 Å². The van der Waals surface area contributed by atoms with Crippen LogP contribution in [0.15, 0.2) is 60.8 Å². The first-order valence-corrected chi connectivity index (χ1v) is 31.3. The molecule has 0 radical (unpaired) electrons. The molecule has 0 spiro atoms. The second kappa shape index (κ2) is 60.7. The van der Waals surface area contributed by atoms with Gasteiger partial charge in [-0.1, -0.05) is 306 Å². The largest absolute Gasteiger partial charge is 0.462 e. The molecule has 0 aliphatic carbocycles. The number of rotatable bonds is 57. The lowest BCUT2D eigenvalue weighted by molar-refractivity contribution is -0.167. The van der Waals surface area contributed by atoms with Crippen LogP contribution in [-0.4, -0.2) is 37.2 Å². The lowest BCUT2D eigenvalue weighted by Gasteiger charge is -2.18. The maximum atomic E-state index is 12.8. The summed E-state index contributed by atoms with van der Waals surface area (Å²) in [5, 5.41) is 0. The van der Waals surface area contributed by atoms with Crippen molar-refractivity contribution in [2.45, 2.75) is 329 Å². The summed E-state index contributed by atoms with van der Waals surface area (Å²) >= 11 is 0. The number of carbonyl (C=O) groups excluding carboxylic acids is 3. The van der Waals surface area contributed by atoms with Crippen molar-refractivity contribution in [1.29, 1.82) is 0 Å². The summed E-state index contributed by atoms with van der Waals surface area (Å²) < 4.78 is 16.9. The molecular formula is C66H118O6. The maximum absolute atomic E-state index is 12.8. The molecule has 0 heterocycles. The van der Waals surface area contributed by atoms with Gasteiger partial charge in [0.25, 0.3) is 0 Å². The highest BCUT2D eigenvalue weighted by Gasteiger charge is 2.19. The summed E-state index contributed by atoms with van der Waals surface area (Å²) in [6.07, 6.45) is 76.7. The maximum Gasteiger partial charge on any atom is 0.306 e. The zero-order valence-corrected chi connectivity index (χ0v) is 47.9. The van der Waals surface area contributed by atoms with Crippen LogP contribution in [0.1, 0.15) is 323 Å². The average Bonchev–Trinajstić information content (AvgIpc) is 3.38. The Labute approximate surface area is 447 Å². The third-order valence-corrected chi connectivity index (χ3v) is 13.8. The van der Waals surface area contributed by atoms with Crippen molar-refractivity contribution < 1.29 is 28.6 Å². The monoisotopic (exact) mass is 1010 g/mol. The molecule has 0 N–H and O–H groups in total. The molecule has 0 aliphatic heterocycles. The number of hydrogen-bond acceptors (Lipinski definition) is 6. The molecule has 0 aromatic rings. The van der Waals surface area contributed by atoms with E-state index in [9.17, 15) is 14.4 Å². The highest BCUT2D eigenvalue weighted by molar-refractivity contribution is 5.71. The summed E-state index contributed by atoms with van der Waals surface area (Å²) in [4.78, 5) is 38.2. The Morgan fingerprint density at radius 2 is 0.542 bits per heavy atom. The Balaban J connectivity index is 4.32. The normalized spacial score (nSPS) is 12.4. The average molecular weight is 1010 g/mol. The van der Waals surface area contributed by atoms with Gasteiger partial charge in [0.2, 0.25) is 0 Å². The topological polar surface area (TPSA) is 78.9 Å². The second-order valence-electron chi connectivity index (χ2n) is 21.0. The molecule has 0 fully saturated rings. The van der Waals surface area contributed by atoms with Crippen LogP contribution in [0.25, 0.3) is 0 Å². The van der Waals surface area contributed by atoms with Crippen LogP contribution in [0.5, 0.6) is 0 Å². The number of carbonyl (C=O) groups is 3. The first-order valence-electron chi connectivity index (χ1n) is 31.3. The number of hydrogen-bond donors (Lipinski definition) is 0. The molecule has 6 heteroatoms. The van der Waals surface area contributed by atoms with Gasteiger partial charge in [0.15, 0.2) is 6.10 Å². The summed E-state index contributed by atoms with van der Waals surface area (Å²) in [7, 11) is 0. The Bertz CT molecular complexity index is 1290. The van der Waals surface area contributed by atoms with Gasteiger partial charge in [-0.15, -0.1) is 0 Å². The number of allylic oxidation sites excluding steroid dienone is 10. The minimum absolute atomic E-state index is 0.0925. The smallest absolute Gasteiger partial charge is 0.306 e. The molecule has 0 saturated heterocycles. The van der Waals surface area contributed by atoms with Gasteiger partial charge in [-0.05, 0) is 57.8 Å². The predicted molar refractivity (Wildman–Crippen MR) is 312 cm³/mol. The summed E-state index contributed by atoms with van der Waals surface area (Å²) in [6.45, 7) is 6.52. The fraction of sp³-hybridized carbons (Fsp3) is 0.803. The van der Waals surface area contributed by atoms with Crippen molar-refractivity contribution in [3.63, 3.8) is 0 Å². The van der Waals surface area contributed by atoms with Gasteiger partial charge in [0.05, 0.1) is 0 Å². The fourth-order valence-corrected chi connectivity index (χ4v) is 9.13. The van der Waals surface area contributed by atoms with E-state index in [1.165, 1.54) is 199 Å². The molecule has 6 nitrogen and oxygen atoms in total. The van der Waals surface area contributed by atoms with E-state index >= 15 is 0 Å². The zero-order valence-electron chi connectivity index (χ0n) is 47.9. The Morgan fingerprint density at radius 1 is 0.292 bits per heavy atom. The van der Waals surface area contributed by atoms with Gasteiger partial charge in [0.1, 0.15) is 13.2 Å². The second-order valence-corrected chi connectivity index (χ2v) is 21.0. The van der Waals surface area contributed by atoms with Gasteiger partial charge in [-0.25, -0.2) is 0 Å². The summed E-state index contributed by atoms with van der Waals surface area (Å²) in [6, 6.07) is 0. The van der Waals surface area contributed by atoms with Crippen molar-refractivity contribution in [2.24, 2.45) is 0 Å². The van der Waals surface area contributed by atoms with Gasteiger partial charge in [-0.2, -0.15) is 0 Å². The molecule has 0 bridgehead atoms. The summed E-state index contributed by atoms with van der Waals surface area (Å²) in [5.41, 5.74) is 0. The molecule has 0 rings (SSSR count). The van der Waals surface area contributed by atoms with Crippen molar-refractivity contribution in [3.8, 4) is 0 Å². The number of unbranched alkanes of at least 4 members (excludes halogenated alkanes) is 36. The van der Waals surface area contributed by atoms with E-state index < -0.39 is 6.10 Å². The number of esters is 3. The minimum atomic E-state index is -0.801. The van der Waals surface area contributed by atoms with Crippen LogP contribution in [0.3, 0.4) is 0 Å². The zero-order chi connectivity index (χ0) is 52.2. The highest BCUT2D eigenvalue weighted by atomic mass is 16.6. The van der Waals surface area contributed by atoms with E-state index in [0.717, 1.165) is 77.0 Å². The van der Waals surface area contributed by atoms with E-state index in [2.05, 4.69) is 81.5 Å². The SMILES string of the molecule is CC/C=C\C/C=C\C/C=C\C/C=C\C/C=C\CCCC(=O)OC(COC(=O)CCCCCCCCCCCCCCC)COC(=O)CCCCCCCCCCCCCCCCCCCCCCCCCC. The summed E-state index contributed by atoms with van der Waals surface area (Å²) in [5.74, 6) is -0.934. The Kier molecular flexibility index (Phi) is 58.2. The third kappa shape index (κ3) is 58.0. The fourth-order valence-electron chi connectivity index (χ4n) is 9.13. The molecule has 0 aromatic carbocycles. The molecule has 0 aromatic heterocycles. The number of ether oxygens (including phenoxy) is 3. The van der Waals surface area contributed by atoms with Crippen molar-refractivity contribution >= 4 is 17.9 Å². The van der Waals surface area contributed by atoms with Gasteiger partial charge >= 0.3 is 17.9 Å². The molecule has 1 unspecified atom stereocenters. The van der Waals surface area contributed by atoms with Crippen LogP contribution in [0.2, 0.25) is 0 Å². The van der Waals surface area contributed by atoms with Crippen molar-refractivity contribution in [3.05, 3.63) is 60.8 Å². The molecule has 72 heavy (non-hydrogen) atoms. The van der Waals surface area contributed by atoms with Crippen molar-refractivity contribution in [2.75, 3.05) is 13.2 Å². The first-order chi connectivity index (χ1) is 35.5. The molecule has 0 amide bonds. The van der Waals surface area contributed by atoms with Crippen LogP contribution in [0.4, 0.5) is 0 Å². The predicted octanol–water partition coefficient (Wildman–Crippen LogP) is 21.2. The van der Waals surface area contributed by atoms with E-state index in [-0.39, 0.29) is 37.5 Å². The highest BCUT2D eigenvalue weighted by Crippen LogP contribution is 2.17. The molecule has 0 aliphatic rings. The quantitative estimate of drug-likeness (QED) is 0.0261. The van der Waals surface area contributed by atoms with E-state index in [0.29, 0.717) is 19.3 Å². The molecule has 1 atom stereocenters. The van der Waals surface area contributed by atoms with Gasteiger partial charge < -0.3 is 14.2 Å².